The third-order valence-corrected chi connectivity index (χ3v) is 5.21. The summed E-state index contributed by atoms with van der Waals surface area (Å²) in [5.41, 5.74) is 2.05. The Morgan fingerprint density at radius 2 is 1.81 bits per heavy atom. The number of nitrogens with zero attached hydrogens (tertiary/aromatic N) is 2. The molecule has 0 amide bonds. The van der Waals surface area contributed by atoms with Gasteiger partial charge in [-0.1, -0.05) is 48.5 Å². The van der Waals surface area contributed by atoms with E-state index >= 15 is 0 Å². The van der Waals surface area contributed by atoms with Gasteiger partial charge in [0.25, 0.3) is 0 Å². The van der Waals surface area contributed by atoms with Crippen LogP contribution in [0.3, 0.4) is 0 Å². The molecule has 0 aliphatic carbocycles. The van der Waals surface area contributed by atoms with Crippen molar-refractivity contribution in [3.05, 3.63) is 83.4 Å². The molecule has 4 rings (SSSR count). The molecule has 1 fully saturated rings. The van der Waals surface area contributed by atoms with Crippen molar-refractivity contribution in [2.45, 2.75) is 18.9 Å². The minimum Gasteiger partial charge on any atom is -0.459 e. The molecule has 6 nitrogen and oxygen atoms in total. The zero-order valence-electron chi connectivity index (χ0n) is 17.3. The first-order valence-corrected chi connectivity index (χ1v) is 10.3. The third kappa shape index (κ3) is 4.46. The number of para-hydroxylation sites is 1. The van der Waals surface area contributed by atoms with Crippen LogP contribution >= 0.6 is 0 Å². The molecule has 1 aliphatic heterocycles. The molecule has 32 heavy (non-hydrogen) atoms. The third-order valence-electron chi connectivity index (χ3n) is 5.21. The highest BCUT2D eigenvalue weighted by Gasteiger charge is 2.23. The molecule has 0 radical (unpaired) electrons. The highest BCUT2D eigenvalue weighted by molar-refractivity contribution is 5.96. The number of rotatable bonds is 6. The van der Waals surface area contributed by atoms with Crippen LogP contribution in [0, 0.1) is 22.7 Å². The van der Waals surface area contributed by atoms with Crippen LogP contribution in [0.25, 0.3) is 11.1 Å². The average Bonchev–Trinajstić information content (AvgIpc) is 3.37. The molecule has 6 heteroatoms. The maximum Gasteiger partial charge on any atom is 0.342 e. The number of carbonyl (C=O) groups excluding carboxylic acids is 1. The van der Waals surface area contributed by atoms with Crippen molar-refractivity contribution in [1.29, 1.82) is 10.5 Å². The zero-order valence-corrected chi connectivity index (χ0v) is 17.3. The Balaban J connectivity index is 1.75. The minimum absolute atomic E-state index is 0.0990. The largest absolute Gasteiger partial charge is 0.459 e. The lowest BCUT2D eigenvalue weighted by Crippen LogP contribution is -2.18. The maximum atomic E-state index is 13.0. The smallest absolute Gasteiger partial charge is 0.342 e. The van der Waals surface area contributed by atoms with Crippen LogP contribution in [0.15, 0.2) is 66.7 Å². The van der Waals surface area contributed by atoms with E-state index in [9.17, 15) is 15.3 Å². The van der Waals surface area contributed by atoms with E-state index in [1.807, 2.05) is 48.5 Å². The van der Waals surface area contributed by atoms with Crippen molar-refractivity contribution in [1.82, 2.24) is 0 Å². The molecule has 3 aromatic carbocycles. The van der Waals surface area contributed by atoms with Gasteiger partial charge in [0.2, 0.25) is 0 Å². The van der Waals surface area contributed by atoms with Gasteiger partial charge in [0, 0.05) is 12.2 Å². The summed E-state index contributed by atoms with van der Waals surface area (Å²) in [7, 11) is 0. The highest BCUT2D eigenvalue weighted by Crippen LogP contribution is 2.38. The lowest BCUT2D eigenvalue weighted by Gasteiger charge is -2.17. The second kappa shape index (κ2) is 9.78. The van der Waals surface area contributed by atoms with Crippen molar-refractivity contribution in [2.75, 3.05) is 13.2 Å². The van der Waals surface area contributed by atoms with E-state index in [2.05, 4.69) is 0 Å². The first kappa shape index (κ1) is 21.1. The molecule has 0 aromatic heterocycles. The Kier molecular flexibility index (Phi) is 6.46. The standard InChI is InChI=1S/C26H20N2O4/c27-15-19-9-4-13-24(23(19)16-28)32-25-21(18-7-2-1-3-8-18)11-5-12-22(25)26(29)31-17-20-10-6-14-30-20/h1-5,7-9,11-13,20H,6,10,14,17H2. The van der Waals surface area contributed by atoms with E-state index in [0.29, 0.717) is 12.2 Å². The molecule has 1 atom stereocenters. The number of hydrogen-bond acceptors (Lipinski definition) is 6. The molecule has 1 aliphatic rings. The van der Waals surface area contributed by atoms with Crippen LogP contribution in [0.1, 0.15) is 34.3 Å². The predicted octanol–water partition coefficient (Wildman–Crippen LogP) is 5.23. The van der Waals surface area contributed by atoms with Crippen molar-refractivity contribution in [3.63, 3.8) is 0 Å². The van der Waals surface area contributed by atoms with E-state index in [1.165, 1.54) is 0 Å². The molecular formula is C26H20N2O4. The van der Waals surface area contributed by atoms with E-state index in [0.717, 1.165) is 18.4 Å². The summed E-state index contributed by atoms with van der Waals surface area (Å²) in [6.07, 6.45) is 1.71. The highest BCUT2D eigenvalue weighted by atomic mass is 16.6. The predicted molar refractivity (Wildman–Crippen MR) is 117 cm³/mol. The zero-order chi connectivity index (χ0) is 22.3. The molecule has 1 unspecified atom stereocenters. The number of ether oxygens (including phenoxy) is 3. The Labute approximate surface area is 186 Å². The molecule has 0 N–H and O–H groups in total. The second-order valence-electron chi connectivity index (χ2n) is 7.29. The van der Waals surface area contributed by atoms with Crippen LogP contribution < -0.4 is 4.74 Å². The number of nitriles is 2. The van der Waals surface area contributed by atoms with Crippen molar-refractivity contribution < 1.29 is 19.0 Å². The SMILES string of the molecule is N#Cc1cccc(Oc2c(C(=O)OCC3CCCO3)cccc2-c2ccccc2)c1C#N. The summed E-state index contributed by atoms with van der Waals surface area (Å²) < 4.78 is 17.2. The van der Waals surface area contributed by atoms with Gasteiger partial charge >= 0.3 is 5.97 Å². The number of esters is 1. The molecule has 0 bridgehead atoms. The van der Waals surface area contributed by atoms with Gasteiger partial charge in [-0.15, -0.1) is 0 Å². The topological polar surface area (TPSA) is 92.3 Å². The summed E-state index contributed by atoms with van der Waals surface area (Å²) in [5.74, 6) is -0.0750. The molecule has 1 heterocycles. The normalized spacial score (nSPS) is 14.9. The molecule has 0 spiro atoms. The molecule has 158 valence electrons. The minimum atomic E-state index is -0.539. The van der Waals surface area contributed by atoms with Gasteiger partial charge in [-0.05, 0) is 36.6 Å². The first-order valence-electron chi connectivity index (χ1n) is 10.3. The number of benzene rings is 3. The fraction of sp³-hybridized carbons (Fsp3) is 0.192. The van der Waals surface area contributed by atoms with Crippen LogP contribution in [-0.2, 0) is 9.47 Å². The van der Waals surface area contributed by atoms with Crippen LogP contribution in [0.5, 0.6) is 11.5 Å². The van der Waals surface area contributed by atoms with Gasteiger partial charge in [-0.25, -0.2) is 4.79 Å². The van der Waals surface area contributed by atoms with Gasteiger partial charge < -0.3 is 14.2 Å². The van der Waals surface area contributed by atoms with Crippen molar-refractivity contribution in [2.24, 2.45) is 0 Å². The van der Waals surface area contributed by atoms with Crippen LogP contribution in [0.4, 0.5) is 0 Å². The van der Waals surface area contributed by atoms with E-state index < -0.39 is 5.97 Å². The first-order chi connectivity index (χ1) is 15.7. The molecule has 3 aromatic rings. The van der Waals surface area contributed by atoms with E-state index in [-0.39, 0.29) is 40.9 Å². The van der Waals surface area contributed by atoms with Crippen LogP contribution in [0.2, 0.25) is 0 Å². The van der Waals surface area contributed by atoms with Gasteiger partial charge in [0.15, 0.2) is 0 Å². The van der Waals surface area contributed by atoms with Gasteiger partial charge in [0.1, 0.15) is 41.4 Å². The Morgan fingerprint density at radius 1 is 1.00 bits per heavy atom. The summed E-state index contributed by atoms with van der Waals surface area (Å²) in [6, 6.07) is 23.5. The summed E-state index contributed by atoms with van der Waals surface area (Å²) in [5, 5.41) is 18.9. The summed E-state index contributed by atoms with van der Waals surface area (Å²) in [6.45, 7) is 0.841. The lowest BCUT2D eigenvalue weighted by atomic mass is 10.0. The molecule has 0 saturated carbocycles. The Bertz CT molecular complexity index is 1200. The van der Waals surface area contributed by atoms with E-state index in [4.69, 9.17) is 14.2 Å². The van der Waals surface area contributed by atoms with E-state index in [1.54, 1.807) is 30.3 Å². The Hall–Kier alpha value is -4.13. The van der Waals surface area contributed by atoms with Crippen molar-refractivity contribution in [3.8, 4) is 34.8 Å². The maximum absolute atomic E-state index is 13.0. The van der Waals surface area contributed by atoms with Gasteiger partial charge in [-0.3, -0.25) is 0 Å². The number of hydrogen-bond donors (Lipinski definition) is 0. The quantitative estimate of drug-likeness (QED) is 0.504. The van der Waals surface area contributed by atoms with Gasteiger partial charge in [0.05, 0.1) is 11.7 Å². The van der Waals surface area contributed by atoms with Gasteiger partial charge in [-0.2, -0.15) is 10.5 Å². The lowest BCUT2D eigenvalue weighted by molar-refractivity contribution is 0.0159. The monoisotopic (exact) mass is 424 g/mol. The molecule has 1 saturated heterocycles. The summed E-state index contributed by atoms with van der Waals surface area (Å²) >= 11 is 0. The summed E-state index contributed by atoms with van der Waals surface area (Å²) in [4.78, 5) is 13.0. The van der Waals surface area contributed by atoms with Crippen LogP contribution in [-0.4, -0.2) is 25.3 Å². The van der Waals surface area contributed by atoms with Crippen molar-refractivity contribution >= 4 is 5.97 Å². The number of carbonyl (C=O) groups is 1. The average molecular weight is 424 g/mol. The second-order valence-corrected chi connectivity index (χ2v) is 7.29. The fourth-order valence-corrected chi connectivity index (χ4v) is 3.61. The molecular weight excluding hydrogens is 404 g/mol. The fourth-order valence-electron chi connectivity index (χ4n) is 3.61. The Morgan fingerprint density at radius 3 is 2.53 bits per heavy atom.